The Kier molecular flexibility index (Phi) is 8.61. The summed E-state index contributed by atoms with van der Waals surface area (Å²) in [5.74, 6) is -0.430. The highest BCUT2D eigenvalue weighted by atomic mass is 16.7. The van der Waals surface area contributed by atoms with Gasteiger partial charge in [-0.1, -0.05) is 30.4 Å². The lowest BCUT2D eigenvalue weighted by Crippen LogP contribution is -2.44. The highest BCUT2D eigenvalue weighted by Gasteiger charge is 2.51. The van der Waals surface area contributed by atoms with Gasteiger partial charge in [0.1, 0.15) is 17.7 Å². The zero-order valence-corrected chi connectivity index (χ0v) is 23.1. The van der Waals surface area contributed by atoms with E-state index in [1.54, 1.807) is 20.8 Å². The quantitative estimate of drug-likeness (QED) is 0.416. The summed E-state index contributed by atoms with van der Waals surface area (Å²) < 4.78 is 23.4. The third-order valence-corrected chi connectivity index (χ3v) is 7.06. The van der Waals surface area contributed by atoms with Gasteiger partial charge in [-0.05, 0) is 104 Å². The normalized spacial score (nSPS) is 20.5. The maximum atomic E-state index is 12.9. The van der Waals surface area contributed by atoms with Gasteiger partial charge in [-0.3, -0.25) is 0 Å². The van der Waals surface area contributed by atoms with Gasteiger partial charge in [0, 0.05) is 0 Å². The van der Waals surface area contributed by atoms with Crippen LogP contribution < -0.4 is 10.8 Å². The summed E-state index contributed by atoms with van der Waals surface area (Å²) in [6.07, 6.45) is 7.25. The summed E-state index contributed by atoms with van der Waals surface area (Å²) in [4.78, 5) is 25.3. The van der Waals surface area contributed by atoms with Gasteiger partial charge in [0.05, 0.1) is 11.2 Å². The van der Waals surface area contributed by atoms with Crippen molar-refractivity contribution < 1.29 is 28.4 Å². The molecule has 1 saturated heterocycles. The van der Waals surface area contributed by atoms with E-state index >= 15 is 0 Å². The van der Waals surface area contributed by atoms with Crippen LogP contribution >= 0.6 is 0 Å². The first-order valence-corrected chi connectivity index (χ1v) is 13.0. The molecule has 1 saturated carbocycles. The molecule has 8 heteroatoms. The number of ether oxygens (including phenoxy) is 2. The van der Waals surface area contributed by atoms with Gasteiger partial charge < -0.3 is 24.1 Å². The Bertz CT molecular complexity index is 959. The molecule has 0 unspecified atom stereocenters. The predicted molar refractivity (Wildman–Crippen MR) is 142 cm³/mol. The highest BCUT2D eigenvalue weighted by Crippen LogP contribution is 2.36. The van der Waals surface area contributed by atoms with E-state index in [4.69, 9.17) is 18.8 Å². The molecular formula is C28H42BNO6. The van der Waals surface area contributed by atoms with E-state index in [0.29, 0.717) is 0 Å². The van der Waals surface area contributed by atoms with E-state index in [1.807, 2.05) is 65.0 Å². The van der Waals surface area contributed by atoms with E-state index < -0.39 is 42.0 Å². The minimum atomic E-state index is -0.830. The number of hydrogen-bond acceptors (Lipinski definition) is 6. The van der Waals surface area contributed by atoms with E-state index in [0.717, 1.165) is 42.3 Å². The molecule has 2 fully saturated rings. The Morgan fingerprint density at radius 1 is 1.14 bits per heavy atom. The van der Waals surface area contributed by atoms with Crippen LogP contribution in [-0.2, 0) is 23.6 Å². The minimum absolute atomic E-state index is 0.0803. The van der Waals surface area contributed by atoms with Crippen molar-refractivity contribution in [2.45, 2.75) is 116 Å². The first kappa shape index (κ1) is 28.3. The Labute approximate surface area is 216 Å². The third-order valence-electron chi connectivity index (χ3n) is 7.06. The minimum Gasteiger partial charge on any atom is -0.461 e. The van der Waals surface area contributed by atoms with Gasteiger partial charge in [0.2, 0.25) is 0 Å². The lowest BCUT2D eigenvalue weighted by atomic mass is 9.77. The molecule has 1 N–H and O–H groups in total. The molecule has 0 spiro atoms. The predicted octanol–water partition coefficient (Wildman–Crippen LogP) is 5.08. The molecule has 1 aromatic rings. The molecule has 36 heavy (non-hydrogen) atoms. The molecule has 1 aliphatic heterocycles. The number of esters is 1. The molecule has 1 aromatic carbocycles. The fourth-order valence-electron chi connectivity index (χ4n) is 4.21. The van der Waals surface area contributed by atoms with Crippen LogP contribution in [-0.4, -0.2) is 48.1 Å². The maximum Gasteiger partial charge on any atom is 0.494 e. The topological polar surface area (TPSA) is 83.1 Å². The molecule has 1 aliphatic carbocycles. The molecule has 0 radical (unpaired) electrons. The van der Waals surface area contributed by atoms with E-state index in [9.17, 15) is 9.59 Å². The SMILES string of the molecule is Cc1ccc(B2OC(C)(C)C(C)(C)O2)cc1/C=C/C[C@H](NC(=O)OC(C)(C)C)C(=O)OC1CCCC1. The second-order valence-electron chi connectivity index (χ2n) is 11.9. The van der Waals surface area contributed by atoms with Gasteiger partial charge in [-0.15, -0.1) is 0 Å². The van der Waals surface area contributed by atoms with Crippen molar-refractivity contribution in [2.75, 3.05) is 0 Å². The van der Waals surface area contributed by atoms with Crippen molar-refractivity contribution in [1.82, 2.24) is 5.32 Å². The zero-order valence-electron chi connectivity index (χ0n) is 23.1. The Hall–Kier alpha value is -2.32. The van der Waals surface area contributed by atoms with Crippen molar-refractivity contribution in [3.8, 4) is 0 Å². The van der Waals surface area contributed by atoms with Crippen LogP contribution in [0.15, 0.2) is 24.3 Å². The number of amides is 1. The number of hydrogen-bond donors (Lipinski definition) is 1. The number of nitrogens with one attached hydrogen (secondary N) is 1. The monoisotopic (exact) mass is 499 g/mol. The summed E-state index contributed by atoms with van der Waals surface area (Å²) in [6.45, 7) is 15.5. The molecule has 3 rings (SSSR count). The van der Waals surface area contributed by atoms with Gasteiger partial charge in [0.25, 0.3) is 0 Å². The first-order valence-electron chi connectivity index (χ1n) is 13.0. The number of carbonyl (C=O) groups is 2. The molecule has 1 heterocycles. The van der Waals surface area contributed by atoms with Crippen LogP contribution in [0.4, 0.5) is 4.79 Å². The molecule has 198 valence electrons. The van der Waals surface area contributed by atoms with Crippen molar-refractivity contribution in [2.24, 2.45) is 0 Å². The summed E-state index contributed by atoms with van der Waals surface area (Å²) in [6, 6.07) is 5.26. The number of rotatable bonds is 7. The summed E-state index contributed by atoms with van der Waals surface area (Å²) in [7, 11) is -0.453. The fraction of sp³-hybridized carbons (Fsp3) is 0.643. The van der Waals surface area contributed by atoms with Crippen LogP contribution in [0.3, 0.4) is 0 Å². The third kappa shape index (κ3) is 7.36. The fourth-order valence-corrected chi connectivity index (χ4v) is 4.21. The summed E-state index contributed by atoms with van der Waals surface area (Å²) in [5, 5.41) is 2.70. The lowest BCUT2D eigenvalue weighted by Gasteiger charge is -2.32. The van der Waals surface area contributed by atoms with Crippen LogP contribution in [0.25, 0.3) is 6.08 Å². The number of alkyl carbamates (subject to hydrolysis) is 1. The largest absolute Gasteiger partial charge is 0.494 e. The Balaban J connectivity index is 1.72. The summed E-state index contributed by atoms with van der Waals surface area (Å²) >= 11 is 0. The molecule has 0 bridgehead atoms. The Morgan fingerprint density at radius 3 is 2.33 bits per heavy atom. The molecule has 7 nitrogen and oxygen atoms in total. The van der Waals surface area contributed by atoms with Gasteiger partial charge in [0.15, 0.2) is 0 Å². The van der Waals surface area contributed by atoms with E-state index in [2.05, 4.69) is 5.32 Å². The van der Waals surface area contributed by atoms with Crippen LogP contribution in [0, 0.1) is 6.92 Å². The molecule has 2 aliphatic rings. The second kappa shape index (κ2) is 11.0. The molecule has 1 amide bonds. The van der Waals surface area contributed by atoms with Crippen LogP contribution in [0.2, 0.25) is 0 Å². The average molecular weight is 499 g/mol. The summed E-state index contributed by atoms with van der Waals surface area (Å²) in [5.41, 5.74) is 1.50. The van der Waals surface area contributed by atoms with E-state index in [1.165, 1.54) is 0 Å². The lowest BCUT2D eigenvalue weighted by molar-refractivity contribution is -0.151. The number of aryl methyl sites for hydroxylation is 1. The number of carbonyl (C=O) groups excluding carboxylic acids is 2. The standard InChI is InChI=1S/C28H42BNO6/c1-19-16-17-21(29-35-27(5,6)28(7,8)36-29)18-20(19)12-11-15-23(30-25(32)34-26(2,3)4)24(31)33-22-13-9-10-14-22/h11-12,16-18,22-23H,9-10,13-15H2,1-8H3,(H,30,32)/b12-11+/t23-/m0/s1. The molecule has 1 atom stereocenters. The van der Waals surface area contributed by atoms with Gasteiger partial charge in [-0.2, -0.15) is 0 Å². The molecular weight excluding hydrogens is 457 g/mol. The zero-order chi connectivity index (χ0) is 26.7. The maximum absolute atomic E-state index is 12.9. The van der Waals surface area contributed by atoms with Gasteiger partial charge in [-0.25, -0.2) is 9.59 Å². The van der Waals surface area contributed by atoms with Crippen molar-refractivity contribution in [3.63, 3.8) is 0 Å². The van der Waals surface area contributed by atoms with Gasteiger partial charge >= 0.3 is 19.2 Å². The van der Waals surface area contributed by atoms with E-state index in [-0.39, 0.29) is 12.5 Å². The smallest absolute Gasteiger partial charge is 0.461 e. The second-order valence-corrected chi connectivity index (χ2v) is 11.9. The van der Waals surface area contributed by atoms with Crippen LogP contribution in [0.5, 0.6) is 0 Å². The average Bonchev–Trinajstić information content (AvgIpc) is 3.32. The van der Waals surface area contributed by atoms with Crippen molar-refractivity contribution in [3.05, 3.63) is 35.4 Å². The van der Waals surface area contributed by atoms with Crippen molar-refractivity contribution in [1.29, 1.82) is 0 Å². The Morgan fingerprint density at radius 2 is 1.75 bits per heavy atom. The van der Waals surface area contributed by atoms with Crippen LogP contribution in [0.1, 0.15) is 91.7 Å². The highest BCUT2D eigenvalue weighted by molar-refractivity contribution is 6.62. The number of benzene rings is 1. The molecule has 0 aromatic heterocycles. The first-order chi connectivity index (χ1) is 16.7. The van der Waals surface area contributed by atoms with Crippen molar-refractivity contribution >= 4 is 30.7 Å².